The second-order valence-corrected chi connectivity index (χ2v) is 5.98. The van der Waals surface area contributed by atoms with Crippen molar-refractivity contribution in [3.05, 3.63) is 22.7 Å². The van der Waals surface area contributed by atoms with Gasteiger partial charge in [-0.25, -0.2) is 0 Å². The number of hydrogen-bond donors (Lipinski definition) is 2. The Hall–Kier alpha value is -1.07. The molecule has 1 saturated heterocycles. The van der Waals surface area contributed by atoms with Gasteiger partial charge in [0.25, 0.3) is 0 Å². The molecule has 0 unspecified atom stereocenters. The highest BCUT2D eigenvalue weighted by molar-refractivity contribution is 9.10. The summed E-state index contributed by atoms with van der Waals surface area (Å²) in [6, 6.07) is 5.56. The van der Waals surface area contributed by atoms with Crippen LogP contribution in [0.15, 0.2) is 22.7 Å². The van der Waals surface area contributed by atoms with Gasteiger partial charge in [-0.3, -0.25) is 4.79 Å². The van der Waals surface area contributed by atoms with Crippen LogP contribution >= 0.6 is 15.9 Å². The summed E-state index contributed by atoms with van der Waals surface area (Å²) in [5.41, 5.74) is 0.799. The Morgan fingerprint density at radius 1 is 1.45 bits per heavy atom. The third kappa shape index (κ3) is 4.49. The molecule has 1 fully saturated rings. The molecular formula is C15H21BrN2O2. The third-order valence-corrected chi connectivity index (χ3v) is 4.29. The van der Waals surface area contributed by atoms with E-state index in [2.05, 4.69) is 26.6 Å². The number of benzene rings is 1. The van der Waals surface area contributed by atoms with Crippen LogP contribution in [0.25, 0.3) is 0 Å². The fraction of sp³-hybridized carbons (Fsp3) is 0.533. The van der Waals surface area contributed by atoms with Gasteiger partial charge in [0.2, 0.25) is 5.91 Å². The van der Waals surface area contributed by atoms with E-state index < -0.39 is 0 Å². The molecular weight excluding hydrogens is 320 g/mol. The fourth-order valence-electron chi connectivity index (χ4n) is 2.47. The molecule has 0 aromatic heterocycles. The molecule has 4 nitrogen and oxygen atoms in total. The Balaban J connectivity index is 1.80. The van der Waals surface area contributed by atoms with Gasteiger partial charge in [-0.2, -0.15) is 0 Å². The summed E-state index contributed by atoms with van der Waals surface area (Å²) in [6.07, 6.45) is 3.93. The molecule has 2 N–H and O–H groups in total. The predicted molar refractivity (Wildman–Crippen MR) is 84.2 cm³/mol. The maximum atomic E-state index is 11.9. The van der Waals surface area contributed by atoms with Gasteiger partial charge in [0.05, 0.1) is 11.6 Å². The lowest BCUT2D eigenvalue weighted by Gasteiger charge is -2.22. The Bertz CT molecular complexity index is 459. The second-order valence-electron chi connectivity index (χ2n) is 5.13. The highest BCUT2D eigenvalue weighted by Crippen LogP contribution is 2.28. The standard InChI is InChI=1S/C15H21BrN2O2/c1-20-14-4-3-12(10-13(14)16)18-15(19)5-2-11-6-8-17-9-7-11/h3-4,10-11,17H,2,5-9H2,1H3,(H,18,19). The van der Waals surface area contributed by atoms with Crippen molar-refractivity contribution in [3.8, 4) is 5.75 Å². The molecule has 2 rings (SSSR count). The van der Waals surface area contributed by atoms with E-state index in [1.165, 1.54) is 12.8 Å². The normalized spacial score (nSPS) is 15.9. The fourth-order valence-corrected chi connectivity index (χ4v) is 3.01. The van der Waals surface area contributed by atoms with E-state index in [0.29, 0.717) is 12.3 Å². The average molecular weight is 341 g/mol. The summed E-state index contributed by atoms with van der Waals surface area (Å²) >= 11 is 3.42. The Morgan fingerprint density at radius 3 is 2.85 bits per heavy atom. The zero-order valence-electron chi connectivity index (χ0n) is 11.7. The van der Waals surface area contributed by atoms with Crippen molar-refractivity contribution in [2.24, 2.45) is 5.92 Å². The second kappa shape index (κ2) is 7.64. The zero-order valence-corrected chi connectivity index (χ0v) is 13.3. The van der Waals surface area contributed by atoms with Crippen molar-refractivity contribution < 1.29 is 9.53 Å². The lowest BCUT2D eigenvalue weighted by atomic mass is 9.93. The Kier molecular flexibility index (Phi) is 5.86. The Morgan fingerprint density at radius 2 is 2.20 bits per heavy atom. The third-order valence-electron chi connectivity index (χ3n) is 3.67. The molecule has 5 heteroatoms. The van der Waals surface area contributed by atoms with Crippen molar-refractivity contribution in [2.75, 3.05) is 25.5 Å². The summed E-state index contributed by atoms with van der Waals surface area (Å²) in [5, 5.41) is 6.28. The van der Waals surface area contributed by atoms with Crippen LogP contribution in [-0.4, -0.2) is 26.1 Å². The van der Waals surface area contributed by atoms with Crippen molar-refractivity contribution in [3.63, 3.8) is 0 Å². The molecule has 1 aromatic carbocycles. The predicted octanol–water partition coefficient (Wildman–Crippen LogP) is 3.18. The van der Waals surface area contributed by atoms with Gasteiger partial charge in [-0.15, -0.1) is 0 Å². The highest BCUT2D eigenvalue weighted by Gasteiger charge is 2.14. The number of amides is 1. The minimum Gasteiger partial charge on any atom is -0.496 e. The molecule has 1 heterocycles. The van der Waals surface area contributed by atoms with Crippen molar-refractivity contribution in [1.82, 2.24) is 5.32 Å². The van der Waals surface area contributed by atoms with E-state index in [1.54, 1.807) is 7.11 Å². The molecule has 0 radical (unpaired) electrons. The van der Waals surface area contributed by atoms with Gasteiger partial charge >= 0.3 is 0 Å². The summed E-state index contributed by atoms with van der Waals surface area (Å²) in [6.45, 7) is 2.16. The van der Waals surface area contributed by atoms with Gasteiger partial charge in [-0.05, 0) is 72.4 Å². The van der Waals surface area contributed by atoms with Crippen LogP contribution in [0, 0.1) is 5.92 Å². The van der Waals surface area contributed by atoms with Gasteiger partial charge in [0, 0.05) is 12.1 Å². The number of hydrogen-bond acceptors (Lipinski definition) is 3. The van der Waals surface area contributed by atoms with Crippen LogP contribution in [-0.2, 0) is 4.79 Å². The van der Waals surface area contributed by atoms with E-state index in [-0.39, 0.29) is 5.91 Å². The molecule has 0 saturated carbocycles. The number of halogens is 1. The number of anilines is 1. The number of methoxy groups -OCH3 is 1. The number of piperidine rings is 1. The van der Waals surface area contributed by atoms with Crippen LogP contribution in [0.2, 0.25) is 0 Å². The van der Waals surface area contributed by atoms with Crippen LogP contribution in [0.3, 0.4) is 0 Å². The van der Waals surface area contributed by atoms with E-state index >= 15 is 0 Å². The smallest absolute Gasteiger partial charge is 0.224 e. The minimum atomic E-state index is 0.0839. The number of carbonyl (C=O) groups is 1. The first-order chi connectivity index (χ1) is 9.69. The van der Waals surface area contributed by atoms with Crippen LogP contribution in [0.5, 0.6) is 5.75 Å². The molecule has 1 amide bonds. The summed E-state index contributed by atoms with van der Waals surface area (Å²) in [4.78, 5) is 11.9. The summed E-state index contributed by atoms with van der Waals surface area (Å²) in [5.74, 6) is 1.53. The lowest BCUT2D eigenvalue weighted by molar-refractivity contribution is -0.116. The molecule has 1 aliphatic heterocycles. The summed E-state index contributed by atoms with van der Waals surface area (Å²) in [7, 11) is 1.62. The van der Waals surface area contributed by atoms with E-state index in [4.69, 9.17) is 4.74 Å². The molecule has 20 heavy (non-hydrogen) atoms. The first-order valence-corrected chi connectivity index (χ1v) is 7.82. The Labute approximate surface area is 128 Å². The van der Waals surface area contributed by atoms with Gasteiger partial charge in [-0.1, -0.05) is 0 Å². The van der Waals surface area contributed by atoms with E-state index in [9.17, 15) is 4.79 Å². The highest BCUT2D eigenvalue weighted by atomic mass is 79.9. The maximum absolute atomic E-state index is 11.9. The molecule has 0 aliphatic carbocycles. The van der Waals surface area contributed by atoms with Crippen LogP contribution in [0.1, 0.15) is 25.7 Å². The van der Waals surface area contributed by atoms with Crippen molar-refractivity contribution in [2.45, 2.75) is 25.7 Å². The van der Waals surface area contributed by atoms with Crippen molar-refractivity contribution in [1.29, 1.82) is 0 Å². The quantitative estimate of drug-likeness (QED) is 0.865. The molecule has 0 bridgehead atoms. The van der Waals surface area contributed by atoms with E-state index in [0.717, 1.165) is 35.4 Å². The first-order valence-electron chi connectivity index (χ1n) is 7.03. The minimum absolute atomic E-state index is 0.0839. The molecule has 0 spiro atoms. The maximum Gasteiger partial charge on any atom is 0.224 e. The zero-order chi connectivity index (χ0) is 14.4. The average Bonchev–Trinajstić information content (AvgIpc) is 2.46. The van der Waals surface area contributed by atoms with Gasteiger partial charge < -0.3 is 15.4 Å². The van der Waals surface area contributed by atoms with Crippen LogP contribution in [0.4, 0.5) is 5.69 Å². The topological polar surface area (TPSA) is 50.4 Å². The summed E-state index contributed by atoms with van der Waals surface area (Å²) < 4.78 is 6.01. The molecule has 110 valence electrons. The van der Waals surface area contributed by atoms with Gasteiger partial charge in [0.1, 0.15) is 5.75 Å². The van der Waals surface area contributed by atoms with E-state index in [1.807, 2.05) is 18.2 Å². The largest absolute Gasteiger partial charge is 0.496 e. The number of carbonyl (C=O) groups excluding carboxylic acids is 1. The SMILES string of the molecule is COc1ccc(NC(=O)CCC2CCNCC2)cc1Br. The monoisotopic (exact) mass is 340 g/mol. The first kappa shape index (κ1) is 15.3. The van der Waals surface area contributed by atoms with Crippen LogP contribution < -0.4 is 15.4 Å². The van der Waals surface area contributed by atoms with Crippen molar-refractivity contribution >= 4 is 27.5 Å². The van der Waals surface area contributed by atoms with Gasteiger partial charge in [0.15, 0.2) is 0 Å². The number of nitrogens with one attached hydrogen (secondary N) is 2. The number of rotatable bonds is 5. The lowest BCUT2D eigenvalue weighted by Crippen LogP contribution is -2.28. The number of ether oxygens (including phenoxy) is 1. The molecule has 1 aromatic rings. The molecule has 1 aliphatic rings. The molecule has 0 atom stereocenters.